The lowest BCUT2D eigenvalue weighted by molar-refractivity contribution is -0.137. The SMILES string of the molecule is Cc1cc(NC(=O)c2ccc(COc3ccc(F)cc3Cl)o2)nn1Cc1cccc(C(F)(F)F)c1. The fourth-order valence-electron chi connectivity index (χ4n) is 3.25. The first-order valence-corrected chi connectivity index (χ1v) is 10.6. The average molecular weight is 508 g/mol. The first-order chi connectivity index (χ1) is 16.6. The third-order valence-electron chi connectivity index (χ3n) is 4.96. The van der Waals surface area contributed by atoms with Crippen LogP contribution in [0.3, 0.4) is 0 Å². The number of alkyl halides is 3. The van der Waals surface area contributed by atoms with E-state index in [0.717, 1.165) is 18.2 Å². The van der Waals surface area contributed by atoms with E-state index in [1.165, 1.54) is 28.9 Å². The number of halogens is 5. The standard InChI is InChI=1S/C24H18ClF4N3O3/c1-14-9-22(31-32(14)12-15-3-2-4-16(10-15)24(27,28)29)30-23(33)21-8-6-18(35-21)13-34-20-7-5-17(26)11-19(20)25/h2-11H,12-13H2,1H3,(H,30,31,33). The number of carbonyl (C=O) groups excluding carboxylic acids is 1. The van der Waals surface area contributed by atoms with E-state index < -0.39 is 23.5 Å². The molecule has 0 radical (unpaired) electrons. The minimum absolute atomic E-state index is 0.00103. The van der Waals surface area contributed by atoms with E-state index in [-0.39, 0.29) is 35.5 Å². The normalized spacial score (nSPS) is 11.5. The predicted octanol–water partition coefficient (Wildman–Crippen LogP) is 6.48. The molecule has 4 aromatic rings. The van der Waals surface area contributed by atoms with Gasteiger partial charge in [0, 0.05) is 11.8 Å². The molecule has 0 saturated carbocycles. The van der Waals surface area contributed by atoms with Crippen LogP contribution in [0.15, 0.2) is 65.1 Å². The molecule has 0 aliphatic rings. The predicted molar refractivity (Wildman–Crippen MR) is 120 cm³/mol. The van der Waals surface area contributed by atoms with E-state index in [9.17, 15) is 22.4 Å². The summed E-state index contributed by atoms with van der Waals surface area (Å²) in [6.07, 6.45) is -4.44. The number of nitrogens with zero attached hydrogens (tertiary/aromatic N) is 2. The Morgan fingerprint density at radius 1 is 1.14 bits per heavy atom. The van der Waals surface area contributed by atoms with Crippen LogP contribution in [0.25, 0.3) is 0 Å². The summed E-state index contributed by atoms with van der Waals surface area (Å²) in [5, 5.41) is 6.95. The highest BCUT2D eigenvalue weighted by Gasteiger charge is 2.30. The summed E-state index contributed by atoms with van der Waals surface area (Å²) in [6.45, 7) is 1.78. The van der Waals surface area contributed by atoms with Gasteiger partial charge in [0.1, 0.15) is 23.9 Å². The van der Waals surface area contributed by atoms with Gasteiger partial charge >= 0.3 is 6.18 Å². The molecule has 1 amide bonds. The fraction of sp³-hybridized carbons (Fsp3) is 0.167. The van der Waals surface area contributed by atoms with Crippen LogP contribution in [0.4, 0.5) is 23.4 Å². The van der Waals surface area contributed by atoms with Crippen molar-refractivity contribution in [3.05, 3.63) is 99.8 Å². The Balaban J connectivity index is 1.38. The molecule has 0 aliphatic carbocycles. The minimum atomic E-state index is -4.44. The molecule has 0 atom stereocenters. The monoisotopic (exact) mass is 507 g/mol. The highest BCUT2D eigenvalue weighted by Crippen LogP contribution is 2.30. The van der Waals surface area contributed by atoms with Gasteiger partial charge in [-0.15, -0.1) is 0 Å². The molecule has 0 fully saturated rings. The van der Waals surface area contributed by atoms with Gasteiger partial charge in [0.15, 0.2) is 11.6 Å². The number of nitrogens with one attached hydrogen (secondary N) is 1. The highest BCUT2D eigenvalue weighted by atomic mass is 35.5. The largest absolute Gasteiger partial charge is 0.484 e. The van der Waals surface area contributed by atoms with Crippen LogP contribution in [-0.2, 0) is 19.3 Å². The molecule has 0 bridgehead atoms. The van der Waals surface area contributed by atoms with Crippen molar-refractivity contribution in [1.29, 1.82) is 0 Å². The number of carbonyl (C=O) groups is 1. The summed E-state index contributed by atoms with van der Waals surface area (Å²) in [7, 11) is 0. The number of ether oxygens (including phenoxy) is 1. The number of anilines is 1. The number of benzene rings is 2. The lowest BCUT2D eigenvalue weighted by Gasteiger charge is -2.09. The number of furan rings is 1. The number of rotatable bonds is 7. The van der Waals surface area contributed by atoms with E-state index in [2.05, 4.69) is 10.4 Å². The van der Waals surface area contributed by atoms with E-state index in [1.54, 1.807) is 25.1 Å². The van der Waals surface area contributed by atoms with Crippen molar-refractivity contribution >= 4 is 23.3 Å². The van der Waals surface area contributed by atoms with Crippen molar-refractivity contribution in [3.8, 4) is 5.75 Å². The maximum absolute atomic E-state index is 13.1. The second-order valence-electron chi connectivity index (χ2n) is 7.61. The molecule has 0 unspecified atom stereocenters. The summed E-state index contributed by atoms with van der Waals surface area (Å²) in [5.74, 6) is -0.253. The Labute approximate surface area is 202 Å². The quantitative estimate of drug-likeness (QED) is 0.291. The molecule has 11 heteroatoms. The Hall–Kier alpha value is -3.79. The van der Waals surface area contributed by atoms with Crippen LogP contribution in [-0.4, -0.2) is 15.7 Å². The molecule has 2 heterocycles. The summed E-state index contributed by atoms with van der Waals surface area (Å²) in [5.41, 5.74) is 0.316. The zero-order valence-corrected chi connectivity index (χ0v) is 19.0. The first-order valence-electron chi connectivity index (χ1n) is 10.3. The van der Waals surface area contributed by atoms with Crippen LogP contribution in [0, 0.1) is 12.7 Å². The van der Waals surface area contributed by atoms with Crippen LogP contribution < -0.4 is 10.1 Å². The summed E-state index contributed by atoms with van der Waals surface area (Å²) >= 11 is 5.92. The number of aromatic nitrogens is 2. The van der Waals surface area contributed by atoms with Gasteiger partial charge in [0.05, 0.1) is 17.1 Å². The molecule has 2 aromatic carbocycles. The summed E-state index contributed by atoms with van der Waals surface area (Å²) in [4.78, 5) is 12.5. The Morgan fingerprint density at radius 3 is 2.69 bits per heavy atom. The maximum Gasteiger partial charge on any atom is 0.416 e. The van der Waals surface area contributed by atoms with Gasteiger partial charge in [-0.25, -0.2) is 4.39 Å². The molecule has 0 spiro atoms. The van der Waals surface area contributed by atoms with Crippen LogP contribution >= 0.6 is 11.6 Å². The summed E-state index contributed by atoms with van der Waals surface area (Å²) in [6, 6.07) is 13.3. The van der Waals surface area contributed by atoms with Gasteiger partial charge in [0.2, 0.25) is 0 Å². The smallest absolute Gasteiger partial charge is 0.416 e. The second kappa shape index (κ2) is 9.83. The van der Waals surface area contributed by atoms with E-state index in [1.807, 2.05) is 0 Å². The molecule has 4 rings (SSSR count). The van der Waals surface area contributed by atoms with Gasteiger partial charge in [-0.05, 0) is 55.0 Å². The molecule has 1 N–H and O–H groups in total. The van der Waals surface area contributed by atoms with Crippen molar-refractivity contribution in [2.45, 2.75) is 26.3 Å². The van der Waals surface area contributed by atoms with Gasteiger partial charge in [-0.1, -0.05) is 23.7 Å². The third-order valence-corrected chi connectivity index (χ3v) is 5.25. The summed E-state index contributed by atoms with van der Waals surface area (Å²) < 4.78 is 64.5. The Bertz CT molecular complexity index is 1360. The first kappa shape index (κ1) is 24.3. The van der Waals surface area contributed by atoms with E-state index in [0.29, 0.717) is 17.0 Å². The molecular weight excluding hydrogens is 490 g/mol. The number of hydrogen-bond acceptors (Lipinski definition) is 4. The Kier molecular flexibility index (Phi) is 6.83. The lowest BCUT2D eigenvalue weighted by Crippen LogP contribution is -2.12. The molecular formula is C24H18ClF4N3O3. The molecule has 182 valence electrons. The van der Waals surface area contributed by atoms with Crippen LogP contribution in [0.5, 0.6) is 5.75 Å². The van der Waals surface area contributed by atoms with Gasteiger partial charge in [-0.2, -0.15) is 18.3 Å². The lowest BCUT2D eigenvalue weighted by atomic mass is 10.1. The van der Waals surface area contributed by atoms with Gasteiger partial charge in [-0.3, -0.25) is 9.48 Å². The highest BCUT2D eigenvalue weighted by molar-refractivity contribution is 6.32. The number of amides is 1. The van der Waals surface area contributed by atoms with Crippen molar-refractivity contribution in [2.75, 3.05) is 5.32 Å². The molecule has 35 heavy (non-hydrogen) atoms. The Morgan fingerprint density at radius 2 is 1.94 bits per heavy atom. The molecule has 0 aliphatic heterocycles. The van der Waals surface area contributed by atoms with Gasteiger partial charge in [0.25, 0.3) is 5.91 Å². The van der Waals surface area contributed by atoms with E-state index >= 15 is 0 Å². The van der Waals surface area contributed by atoms with Crippen LogP contribution in [0.1, 0.15) is 33.1 Å². The molecule has 6 nitrogen and oxygen atoms in total. The average Bonchev–Trinajstić information content (AvgIpc) is 3.39. The van der Waals surface area contributed by atoms with Crippen molar-refractivity contribution < 1.29 is 31.5 Å². The molecule has 0 saturated heterocycles. The number of hydrogen-bond donors (Lipinski definition) is 1. The van der Waals surface area contributed by atoms with Crippen molar-refractivity contribution in [3.63, 3.8) is 0 Å². The topological polar surface area (TPSA) is 69.3 Å². The van der Waals surface area contributed by atoms with Crippen molar-refractivity contribution in [1.82, 2.24) is 9.78 Å². The third kappa shape index (κ3) is 6.02. The number of aryl methyl sites for hydroxylation is 1. The van der Waals surface area contributed by atoms with Gasteiger partial charge < -0.3 is 14.5 Å². The maximum atomic E-state index is 13.1. The molecule has 2 aromatic heterocycles. The second-order valence-corrected chi connectivity index (χ2v) is 8.02. The van der Waals surface area contributed by atoms with Crippen molar-refractivity contribution in [2.24, 2.45) is 0 Å². The van der Waals surface area contributed by atoms with Crippen LogP contribution in [0.2, 0.25) is 5.02 Å². The zero-order valence-electron chi connectivity index (χ0n) is 18.2. The zero-order chi connectivity index (χ0) is 25.2. The van der Waals surface area contributed by atoms with E-state index in [4.69, 9.17) is 20.8 Å². The fourth-order valence-corrected chi connectivity index (χ4v) is 3.47. The minimum Gasteiger partial charge on any atom is -0.484 e.